The maximum atomic E-state index is 13.3. The Balaban J connectivity index is 1.28. The second-order valence-corrected chi connectivity index (χ2v) is 8.47. The van der Waals surface area contributed by atoms with Crippen molar-refractivity contribution in [2.24, 2.45) is 0 Å². The topological polar surface area (TPSA) is 74.4 Å². The summed E-state index contributed by atoms with van der Waals surface area (Å²) in [6.45, 7) is 0.796. The summed E-state index contributed by atoms with van der Waals surface area (Å²) >= 11 is 0. The summed E-state index contributed by atoms with van der Waals surface area (Å²) in [6, 6.07) is 27.7. The van der Waals surface area contributed by atoms with E-state index in [0.717, 1.165) is 28.8 Å². The first-order chi connectivity index (χ1) is 16.7. The largest absolute Gasteiger partial charge is 0.367 e. The maximum absolute atomic E-state index is 13.3. The Hall–Kier alpha value is -3.90. The number of nitrogens with one attached hydrogen (secondary N) is 2. The Morgan fingerprint density at radius 3 is 2.44 bits per heavy atom. The molecule has 34 heavy (non-hydrogen) atoms. The number of hydrogen-bond acceptors (Lipinski definition) is 3. The first kappa shape index (κ1) is 21.9. The van der Waals surface area contributed by atoms with Crippen LogP contribution in [-0.2, 0) is 27.4 Å². The second kappa shape index (κ2) is 9.93. The van der Waals surface area contributed by atoms with E-state index in [0.29, 0.717) is 13.2 Å². The second-order valence-electron chi connectivity index (χ2n) is 8.47. The van der Waals surface area contributed by atoms with E-state index >= 15 is 0 Å². The molecule has 0 spiro atoms. The number of aromatic amines is 1. The Labute approximate surface area is 198 Å². The van der Waals surface area contributed by atoms with Crippen molar-refractivity contribution in [1.29, 1.82) is 0 Å². The summed E-state index contributed by atoms with van der Waals surface area (Å²) in [5, 5.41) is 3.93. The van der Waals surface area contributed by atoms with E-state index in [-0.39, 0.29) is 31.0 Å². The Kier molecular flexibility index (Phi) is 6.40. The molecule has 0 fully saturated rings. The highest BCUT2D eigenvalue weighted by Gasteiger charge is 2.34. The first-order valence-corrected chi connectivity index (χ1v) is 11.5. The Morgan fingerprint density at radius 2 is 1.65 bits per heavy atom. The van der Waals surface area contributed by atoms with Gasteiger partial charge in [-0.3, -0.25) is 9.59 Å². The summed E-state index contributed by atoms with van der Waals surface area (Å²) in [5.74, 6) is -0.418. The molecular weight excluding hydrogens is 426 g/mol. The summed E-state index contributed by atoms with van der Waals surface area (Å²) < 4.78 is 5.49. The fraction of sp³-hybridized carbons (Fsp3) is 0.214. The fourth-order valence-electron chi connectivity index (χ4n) is 4.65. The lowest BCUT2D eigenvalue weighted by molar-refractivity contribution is -0.135. The number of carbonyl (C=O) groups is 2. The molecule has 1 unspecified atom stereocenters. The zero-order valence-corrected chi connectivity index (χ0v) is 18.9. The predicted octanol–water partition coefficient (Wildman–Crippen LogP) is 3.98. The number of benzene rings is 3. The molecule has 0 saturated carbocycles. The minimum atomic E-state index is -0.302. The molecule has 6 nitrogen and oxygen atoms in total. The average molecular weight is 454 g/mol. The van der Waals surface area contributed by atoms with Gasteiger partial charge in [0, 0.05) is 23.1 Å². The third-order valence-corrected chi connectivity index (χ3v) is 6.25. The van der Waals surface area contributed by atoms with Crippen LogP contribution in [0.4, 0.5) is 0 Å². The van der Waals surface area contributed by atoms with Crippen LogP contribution in [0.15, 0.2) is 84.9 Å². The van der Waals surface area contributed by atoms with Crippen LogP contribution in [0.2, 0.25) is 0 Å². The predicted molar refractivity (Wildman–Crippen MR) is 131 cm³/mol. The van der Waals surface area contributed by atoms with Crippen molar-refractivity contribution in [3.8, 4) is 0 Å². The van der Waals surface area contributed by atoms with E-state index in [4.69, 9.17) is 4.74 Å². The number of amides is 2. The van der Waals surface area contributed by atoms with Gasteiger partial charge in [0.05, 0.1) is 19.2 Å². The standard InChI is InChI=1S/C28H27N3O3/c32-25(19-34-18-20-9-3-1-4-10-20)29-17-26(33)31-16-15-23-22-13-7-8-14-24(22)30-27(23)28(31)21-11-5-2-6-12-21/h1-14,28,30H,15-19H2,(H,29,32). The van der Waals surface area contributed by atoms with Crippen LogP contribution in [0, 0.1) is 0 Å². The van der Waals surface area contributed by atoms with Gasteiger partial charge in [0.2, 0.25) is 11.8 Å². The number of nitrogens with zero attached hydrogens (tertiary/aromatic N) is 1. The monoisotopic (exact) mass is 453 g/mol. The van der Waals surface area contributed by atoms with Crippen LogP contribution in [0.25, 0.3) is 10.9 Å². The van der Waals surface area contributed by atoms with Gasteiger partial charge < -0.3 is 19.9 Å². The summed E-state index contributed by atoms with van der Waals surface area (Å²) in [6.07, 6.45) is 0.766. The van der Waals surface area contributed by atoms with Gasteiger partial charge in [-0.15, -0.1) is 0 Å². The smallest absolute Gasteiger partial charge is 0.246 e. The van der Waals surface area contributed by atoms with Gasteiger partial charge in [-0.2, -0.15) is 0 Å². The molecular formula is C28H27N3O3. The highest BCUT2D eigenvalue weighted by Crippen LogP contribution is 2.38. The molecule has 2 heterocycles. The molecule has 0 saturated heterocycles. The molecule has 1 aromatic heterocycles. The first-order valence-electron chi connectivity index (χ1n) is 11.5. The van der Waals surface area contributed by atoms with E-state index in [1.807, 2.05) is 77.7 Å². The summed E-state index contributed by atoms with van der Waals surface area (Å²) in [7, 11) is 0. The van der Waals surface area contributed by atoms with Crippen LogP contribution in [0.3, 0.4) is 0 Å². The molecule has 5 rings (SSSR count). The van der Waals surface area contributed by atoms with Crippen LogP contribution in [0.1, 0.15) is 28.4 Å². The van der Waals surface area contributed by atoms with Crippen molar-refractivity contribution in [3.63, 3.8) is 0 Å². The molecule has 1 aliphatic heterocycles. The number of carbonyl (C=O) groups excluding carboxylic acids is 2. The third-order valence-electron chi connectivity index (χ3n) is 6.25. The minimum Gasteiger partial charge on any atom is -0.367 e. The molecule has 172 valence electrons. The van der Waals surface area contributed by atoms with E-state index in [2.05, 4.69) is 22.4 Å². The Bertz CT molecular complexity index is 1280. The lowest BCUT2D eigenvalue weighted by Gasteiger charge is -2.36. The molecule has 1 atom stereocenters. The van der Waals surface area contributed by atoms with Gasteiger partial charge in [0.25, 0.3) is 0 Å². The van der Waals surface area contributed by atoms with E-state index in [1.54, 1.807) is 0 Å². The maximum Gasteiger partial charge on any atom is 0.246 e. The summed E-state index contributed by atoms with van der Waals surface area (Å²) in [5.41, 5.74) is 5.42. The normalized spacial score (nSPS) is 15.2. The lowest BCUT2D eigenvalue weighted by atomic mass is 9.92. The van der Waals surface area contributed by atoms with Crippen LogP contribution < -0.4 is 5.32 Å². The van der Waals surface area contributed by atoms with E-state index in [9.17, 15) is 9.59 Å². The van der Waals surface area contributed by atoms with E-state index in [1.165, 1.54) is 10.9 Å². The summed E-state index contributed by atoms with van der Waals surface area (Å²) in [4.78, 5) is 31.0. The van der Waals surface area contributed by atoms with Gasteiger partial charge in [-0.1, -0.05) is 78.9 Å². The molecule has 3 aromatic carbocycles. The van der Waals surface area contributed by atoms with Crippen molar-refractivity contribution in [1.82, 2.24) is 15.2 Å². The van der Waals surface area contributed by atoms with Crippen molar-refractivity contribution >= 4 is 22.7 Å². The van der Waals surface area contributed by atoms with Crippen molar-refractivity contribution in [2.75, 3.05) is 19.7 Å². The van der Waals surface area contributed by atoms with Crippen molar-refractivity contribution < 1.29 is 14.3 Å². The van der Waals surface area contributed by atoms with Gasteiger partial charge in [0.15, 0.2) is 0 Å². The molecule has 6 heteroatoms. The van der Waals surface area contributed by atoms with Crippen LogP contribution in [-0.4, -0.2) is 41.4 Å². The highest BCUT2D eigenvalue weighted by molar-refractivity contribution is 5.88. The number of para-hydroxylation sites is 1. The zero-order chi connectivity index (χ0) is 23.3. The molecule has 0 bridgehead atoms. The highest BCUT2D eigenvalue weighted by atomic mass is 16.5. The van der Waals surface area contributed by atoms with Gasteiger partial charge in [-0.05, 0) is 29.2 Å². The van der Waals surface area contributed by atoms with E-state index < -0.39 is 0 Å². The molecule has 0 aliphatic carbocycles. The van der Waals surface area contributed by atoms with Crippen molar-refractivity contribution in [2.45, 2.75) is 19.1 Å². The SMILES string of the molecule is O=C(COCc1ccccc1)NCC(=O)N1CCc2c([nH]c3ccccc23)C1c1ccccc1. The number of aromatic nitrogens is 1. The number of ether oxygens (including phenoxy) is 1. The Morgan fingerprint density at radius 1 is 0.941 bits per heavy atom. The number of H-pyrrole nitrogens is 1. The average Bonchev–Trinajstić information content (AvgIpc) is 3.26. The quantitative estimate of drug-likeness (QED) is 0.445. The molecule has 2 N–H and O–H groups in total. The molecule has 1 aliphatic rings. The van der Waals surface area contributed by atoms with Crippen LogP contribution >= 0.6 is 0 Å². The zero-order valence-electron chi connectivity index (χ0n) is 18.9. The number of rotatable bonds is 7. The van der Waals surface area contributed by atoms with Gasteiger partial charge in [0.1, 0.15) is 6.61 Å². The lowest BCUT2D eigenvalue weighted by Crippen LogP contribution is -2.46. The minimum absolute atomic E-state index is 0.0631. The molecule has 0 radical (unpaired) electrons. The van der Waals surface area contributed by atoms with Gasteiger partial charge in [-0.25, -0.2) is 0 Å². The van der Waals surface area contributed by atoms with Crippen molar-refractivity contribution in [3.05, 3.63) is 107 Å². The molecule has 4 aromatic rings. The molecule has 2 amide bonds. The third kappa shape index (κ3) is 4.58. The van der Waals surface area contributed by atoms with Gasteiger partial charge >= 0.3 is 0 Å². The van der Waals surface area contributed by atoms with Crippen LogP contribution in [0.5, 0.6) is 0 Å². The fourth-order valence-corrected chi connectivity index (χ4v) is 4.65. The number of fused-ring (bicyclic) bond motifs is 3. The number of hydrogen-bond donors (Lipinski definition) is 2.